The van der Waals surface area contributed by atoms with Crippen LogP contribution in [0.15, 0.2) is 66.7 Å². The molecule has 0 saturated heterocycles. The number of nitrogens with one attached hydrogen (secondary N) is 1. The molecule has 0 bridgehead atoms. The fourth-order valence-electron chi connectivity index (χ4n) is 4.40. The van der Waals surface area contributed by atoms with E-state index in [4.69, 9.17) is 28.3 Å². The van der Waals surface area contributed by atoms with Crippen molar-refractivity contribution in [2.75, 3.05) is 6.54 Å². The molecule has 0 fully saturated rings. The third-order valence-corrected chi connectivity index (χ3v) is 6.80. The van der Waals surface area contributed by atoms with E-state index in [2.05, 4.69) is 5.32 Å². The number of aryl methyl sites for hydroxylation is 2. The SMILES string of the molecule is O=C(O)CCNC(=O)c1ccc(C(=O)/C(=C\C(=O)c2cc(Cl)cc(Cl)c2)c2ccc3c(c2)CCCC3)cc1. The molecule has 1 aliphatic rings. The molecule has 0 atom stereocenters. The van der Waals surface area contributed by atoms with Crippen LogP contribution in [0.5, 0.6) is 0 Å². The first-order valence-corrected chi connectivity index (χ1v) is 13.0. The van der Waals surface area contributed by atoms with Crippen LogP contribution in [0.3, 0.4) is 0 Å². The van der Waals surface area contributed by atoms with Crippen molar-refractivity contribution >= 4 is 52.2 Å². The van der Waals surface area contributed by atoms with Crippen LogP contribution in [0, 0.1) is 0 Å². The second-order valence-corrected chi connectivity index (χ2v) is 9.95. The summed E-state index contributed by atoms with van der Waals surface area (Å²) in [5, 5.41) is 11.9. The number of aliphatic carboxylic acids is 1. The first-order valence-electron chi connectivity index (χ1n) is 12.2. The highest BCUT2D eigenvalue weighted by molar-refractivity contribution is 6.36. The monoisotopic (exact) mass is 549 g/mol. The average Bonchev–Trinajstić information content (AvgIpc) is 2.90. The highest BCUT2D eigenvalue weighted by Crippen LogP contribution is 2.28. The van der Waals surface area contributed by atoms with Crippen LogP contribution in [0.2, 0.25) is 10.0 Å². The number of fused-ring (bicyclic) bond motifs is 1. The second kappa shape index (κ2) is 12.2. The van der Waals surface area contributed by atoms with Gasteiger partial charge >= 0.3 is 5.97 Å². The molecule has 38 heavy (non-hydrogen) atoms. The molecular weight excluding hydrogens is 525 g/mol. The van der Waals surface area contributed by atoms with Crippen molar-refractivity contribution in [2.45, 2.75) is 32.1 Å². The van der Waals surface area contributed by atoms with Gasteiger partial charge in [0.1, 0.15) is 0 Å². The largest absolute Gasteiger partial charge is 0.481 e. The van der Waals surface area contributed by atoms with Crippen molar-refractivity contribution in [3.63, 3.8) is 0 Å². The number of Topliss-reactive ketones (excluding diaryl/α,β-unsaturated/α-hetero) is 1. The number of hydrogen-bond acceptors (Lipinski definition) is 4. The van der Waals surface area contributed by atoms with E-state index >= 15 is 0 Å². The summed E-state index contributed by atoms with van der Waals surface area (Å²) < 4.78 is 0. The quantitative estimate of drug-likeness (QED) is 0.243. The lowest BCUT2D eigenvalue weighted by Gasteiger charge is -2.17. The predicted octanol–water partition coefficient (Wildman–Crippen LogP) is 6.23. The minimum atomic E-state index is -1.01. The zero-order valence-corrected chi connectivity index (χ0v) is 21.9. The number of carboxylic acids is 1. The first kappa shape index (κ1) is 27.3. The molecule has 3 aromatic carbocycles. The third-order valence-electron chi connectivity index (χ3n) is 6.36. The second-order valence-electron chi connectivity index (χ2n) is 9.08. The van der Waals surface area contributed by atoms with Gasteiger partial charge in [-0.15, -0.1) is 0 Å². The maximum atomic E-state index is 13.7. The number of carbonyl (C=O) groups is 4. The highest BCUT2D eigenvalue weighted by atomic mass is 35.5. The number of hydrogen-bond donors (Lipinski definition) is 2. The van der Waals surface area contributed by atoms with Crippen molar-refractivity contribution in [2.24, 2.45) is 0 Å². The highest BCUT2D eigenvalue weighted by Gasteiger charge is 2.20. The van der Waals surface area contributed by atoms with Gasteiger partial charge in [0.05, 0.1) is 6.42 Å². The summed E-state index contributed by atoms with van der Waals surface area (Å²) in [5.41, 5.74) is 4.12. The van der Waals surface area contributed by atoms with Crippen LogP contribution in [0.4, 0.5) is 0 Å². The summed E-state index contributed by atoms with van der Waals surface area (Å²) >= 11 is 12.2. The van der Waals surface area contributed by atoms with Crippen molar-refractivity contribution in [3.05, 3.63) is 110 Å². The van der Waals surface area contributed by atoms with Gasteiger partial charge in [-0.25, -0.2) is 0 Å². The van der Waals surface area contributed by atoms with Gasteiger partial charge in [0, 0.05) is 38.9 Å². The summed E-state index contributed by atoms with van der Waals surface area (Å²) in [5.74, 6) is -2.24. The number of benzene rings is 3. The summed E-state index contributed by atoms with van der Waals surface area (Å²) in [6.07, 6.45) is 5.20. The van der Waals surface area contributed by atoms with E-state index in [9.17, 15) is 19.2 Å². The number of ketones is 2. The molecule has 0 aromatic heterocycles. The lowest BCUT2D eigenvalue weighted by atomic mass is 9.87. The summed E-state index contributed by atoms with van der Waals surface area (Å²) in [6.45, 7) is -0.00427. The van der Waals surface area contributed by atoms with Gasteiger partial charge in [0.15, 0.2) is 11.6 Å². The Bertz CT molecular complexity index is 1420. The average molecular weight is 550 g/mol. The normalized spacial score (nSPS) is 12.9. The van der Waals surface area contributed by atoms with E-state index in [1.807, 2.05) is 18.2 Å². The Morgan fingerprint density at radius 1 is 0.763 bits per heavy atom. The molecule has 3 aromatic rings. The Kier molecular flexibility index (Phi) is 8.77. The van der Waals surface area contributed by atoms with Crippen LogP contribution in [-0.4, -0.2) is 35.1 Å². The number of allylic oxidation sites excluding steroid dienone is 2. The molecular formula is C30H25Cl2NO5. The lowest BCUT2D eigenvalue weighted by molar-refractivity contribution is -0.136. The number of amides is 1. The lowest BCUT2D eigenvalue weighted by Crippen LogP contribution is -2.26. The molecule has 1 aliphatic carbocycles. The Hall–Kier alpha value is -3.74. The van der Waals surface area contributed by atoms with E-state index in [0.717, 1.165) is 25.7 Å². The van der Waals surface area contributed by atoms with Crippen molar-refractivity contribution in [1.82, 2.24) is 5.32 Å². The maximum absolute atomic E-state index is 13.7. The van der Waals surface area contributed by atoms with Gasteiger partial charge in [0.2, 0.25) is 0 Å². The number of carboxylic acid groups (broad SMARTS) is 1. The van der Waals surface area contributed by atoms with Gasteiger partial charge in [-0.05, 0) is 78.8 Å². The summed E-state index contributed by atoms with van der Waals surface area (Å²) in [4.78, 5) is 49.9. The molecule has 6 nitrogen and oxygen atoms in total. The Morgan fingerprint density at radius 3 is 2.03 bits per heavy atom. The number of halogens is 2. The molecule has 0 spiro atoms. The fraction of sp³-hybridized carbons (Fsp3) is 0.200. The standard InChI is InChI=1S/C30H25Cl2NO5/c31-24-14-23(15-25(32)16-24)27(34)17-26(22-10-5-18-3-1-2-4-21(18)13-22)29(37)19-6-8-20(9-7-19)30(38)33-12-11-28(35)36/h5-10,13-17H,1-4,11-12H2,(H,33,38)(H,35,36)/b26-17-. The number of rotatable bonds is 9. The van der Waals surface area contributed by atoms with Crippen molar-refractivity contribution < 1.29 is 24.3 Å². The van der Waals surface area contributed by atoms with Crippen LogP contribution in [0.25, 0.3) is 5.57 Å². The smallest absolute Gasteiger partial charge is 0.305 e. The molecule has 0 aliphatic heterocycles. The van der Waals surface area contributed by atoms with E-state index < -0.39 is 17.7 Å². The third kappa shape index (κ3) is 6.77. The zero-order valence-electron chi connectivity index (χ0n) is 20.4. The van der Waals surface area contributed by atoms with Gasteiger partial charge in [0.25, 0.3) is 5.91 Å². The van der Waals surface area contributed by atoms with Crippen LogP contribution < -0.4 is 5.32 Å². The number of carbonyl (C=O) groups excluding carboxylic acids is 3. The molecule has 0 saturated carbocycles. The van der Waals surface area contributed by atoms with Crippen LogP contribution >= 0.6 is 23.2 Å². The van der Waals surface area contributed by atoms with Gasteiger partial charge in [-0.2, -0.15) is 0 Å². The predicted molar refractivity (Wildman–Crippen MR) is 147 cm³/mol. The Balaban J connectivity index is 1.67. The zero-order chi connectivity index (χ0) is 27.2. The molecule has 2 N–H and O–H groups in total. The minimum absolute atomic E-state index is 0.00427. The van der Waals surface area contributed by atoms with Gasteiger partial charge in [-0.3, -0.25) is 19.2 Å². The van der Waals surface area contributed by atoms with E-state index in [1.165, 1.54) is 59.7 Å². The summed E-state index contributed by atoms with van der Waals surface area (Å²) in [6, 6.07) is 16.4. The van der Waals surface area contributed by atoms with Crippen LogP contribution in [-0.2, 0) is 17.6 Å². The molecule has 0 heterocycles. The topological polar surface area (TPSA) is 101 Å². The molecule has 4 rings (SSSR count). The Morgan fingerprint density at radius 2 is 1.37 bits per heavy atom. The van der Waals surface area contributed by atoms with E-state index in [-0.39, 0.29) is 35.4 Å². The van der Waals surface area contributed by atoms with E-state index in [1.54, 1.807) is 0 Å². The molecule has 0 unspecified atom stereocenters. The fourth-order valence-corrected chi connectivity index (χ4v) is 4.93. The van der Waals surface area contributed by atoms with Gasteiger partial charge < -0.3 is 10.4 Å². The van der Waals surface area contributed by atoms with Gasteiger partial charge in [-0.1, -0.05) is 53.5 Å². The molecule has 0 radical (unpaired) electrons. The molecule has 194 valence electrons. The van der Waals surface area contributed by atoms with E-state index in [0.29, 0.717) is 21.2 Å². The van der Waals surface area contributed by atoms with Crippen LogP contribution in [0.1, 0.15) is 67.0 Å². The molecule has 1 amide bonds. The maximum Gasteiger partial charge on any atom is 0.305 e. The first-order chi connectivity index (χ1) is 18.2. The van der Waals surface area contributed by atoms with Crippen molar-refractivity contribution in [1.29, 1.82) is 0 Å². The molecule has 8 heteroatoms. The minimum Gasteiger partial charge on any atom is -0.481 e. The summed E-state index contributed by atoms with van der Waals surface area (Å²) in [7, 11) is 0. The Labute approximate surface area is 230 Å². The van der Waals surface area contributed by atoms with Crippen molar-refractivity contribution in [3.8, 4) is 0 Å².